The molecule has 77 heavy (non-hydrogen) atoms. The zero-order valence-corrected chi connectivity index (χ0v) is 52.1. The van der Waals surface area contributed by atoms with Crippen molar-refractivity contribution in [1.82, 2.24) is 0 Å². The van der Waals surface area contributed by atoms with Crippen molar-refractivity contribution in [3.63, 3.8) is 0 Å². The first-order chi connectivity index (χ1) is 37.6. The van der Waals surface area contributed by atoms with Gasteiger partial charge in [-0.1, -0.05) is 309 Å². The summed E-state index contributed by atoms with van der Waals surface area (Å²) >= 11 is 0. The molecule has 0 aliphatic heterocycles. The Hall–Kier alpha value is -1.97. The average molecular weight is 1090 g/mol. The molecule has 0 aliphatic rings. The number of carbonyl (C=O) groups is 3. The molecule has 2 atom stereocenters. The summed E-state index contributed by atoms with van der Waals surface area (Å²) in [5.41, 5.74) is 0. The Labute approximate surface area is 478 Å². The van der Waals surface area contributed by atoms with Crippen LogP contribution in [0, 0.1) is 0 Å². The molecule has 0 saturated heterocycles. The minimum absolute atomic E-state index is 0.150. The molecule has 0 amide bonds. The van der Waals surface area contributed by atoms with Crippen LogP contribution in [0.15, 0.2) is 12.2 Å². The molecule has 0 spiro atoms. The van der Waals surface area contributed by atoms with Crippen molar-refractivity contribution in [2.45, 2.75) is 360 Å². The van der Waals surface area contributed by atoms with E-state index in [1.165, 1.54) is 263 Å². The number of carboxylic acid groups (broad SMARTS) is 1. The number of carboxylic acids is 1. The van der Waals surface area contributed by atoms with E-state index in [1.54, 1.807) is 0 Å². The van der Waals surface area contributed by atoms with Crippen molar-refractivity contribution in [3.8, 4) is 0 Å². The van der Waals surface area contributed by atoms with Gasteiger partial charge in [0.2, 0.25) is 0 Å². The lowest BCUT2D eigenvalue weighted by Crippen LogP contribution is -2.44. The summed E-state index contributed by atoms with van der Waals surface area (Å²) in [6, 6.07) is 0. The molecule has 0 aliphatic carbocycles. The molecule has 0 aromatic heterocycles. The Balaban J connectivity index is 3.85. The van der Waals surface area contributed by atoms with Gasteiger partial charge in [0.15, 0.2) is 12.4 Å². The zero-order chi connectivity index (χ0) is 56.2. The van der Waals surface area contributed by atoms with Crippen molar-refractivity contribution in [2.75, 3.05) is 47.5 Å². The second-order valence-corrected chi connectivity index (χ2v) is 24.5. The molecule has 0 N–H and O–H groups in total. The number of unbranched alkanes of at least 4 members (excludes halogenated alkanes) is 47. The van der Waals surface area contributed by atoms with Crippen molar-refractivity contribution in [2.24, 2.45) is 0 Å². The van der Waals surface area contributed by atoms with Crippen molar-refractivity contribution in [3.05, 3.63) is 12.2 Å². The Morgan fingerprint density at radius 3 is 0.974 bits per heavy atom. The maximum absolute atomic E-state index is 12.8. The summed E-state index contributed by atoms with van der Waals surface area (Å²) in [6.45, 7) is 4.77. The van der Waals surface area contributed by atoms with E-state index in [4.69, 9.17) is 18.9 Å². The highest BCUT2D eigenvalue weighted by molar-refractivity contribution is 5.70. The van der Waals surface area contributed by atoms with Crippen LogP contribution in [0.25, 0.3) is 0 Å². The van der Waals surface area contributed by atoms with Gasteiger partial charge >= 0.3 is 11.9 Å². The molecule has 0 fully saturated rings. The summed E-state index contributed by atoms with van der Waals surface area (Å²) in [5, 5.41) is 11.8. The fourth-order valence-corrected chi connectivity index (χ4v) is 10.3. The van der Waals surface area contributed by atoms with Gasteiger partial charge < -0.3 is 33.3 Å². The number of hydrogen-bond donors (Lipinski definition) is 0. The molecular formula is C68H131NO8. The van der Waals surface area contributed by atoms with Crippen LogP contribution in [0.1, 0.15) is 348 Å². The van der Waals surface area contributed by atoms with Crippen LogP contribution in [0.4, 0.5) is 0 Å². The molecule has 0 aromatic carbocycles. The second kappa shape index (κ2) is 60.1. The lowest BCUT2D eigenvalue weighted by Gasteiger charge is -2.26. The number of aliphatic carboxylic acids is 1. The van der Waals surface area contributed by atoms with Gasteiger partial charge in [0.25, 0.3) is 0 Å². The number of carbonyl (C=O) groups excluding carboxylic acids is 3. The molecule has 0 rings (SSSR count). The topological polar surface area (TPSA) is 111 Å². The molecule has 9 heteroatoms. The molecule has 0 bridgehead atoms. The maximum Gasteiger partial charge on any atom is 0.306 e. The van der Waals surface area contributed by atoms with Gasteiger partial charge in [0.1, 0.15) is 13.2 Å². The quantitative estimate of drug-likeness (QED) is 0.0195. The molecule has 2 unspecified atom stereocenters. The maximum atomic E-state index is 12.8. The van der Waals surface area contributed by atoms with Crippen LogP contribution >= 0.6 is 0 Å². The van der Waals surface area contributed by atoms with Gasteiger partial charge in [-0.15, -0.1) is 0 Å². The fourth-order valence-electron chi connectivity index (χ4n) is 10.3. The number of esters is 2. The van der Waals surface area contributed by atoms with E-state index in [1.807, 2.05) is 21.1 Å². The van der Waals surface area contributed by atoms with E-state index in [0.29, 0.717) is 23.9 Å². The Kier molecular flexibility index (Phi) is 58.6. The van der Waals surface area contributed by atoms with Gasteiger partial charge in [0.05, 0.1) is 40.3 Å². The number of quaternary nitrogens is 1. The van der Waals surface area contributed by atoms with Crippen molar-refractivity contribution in [1.29, 1.82) is 0 Å². The monoisotopic (exact) mass is 1090 g/mol. The Morgan fingerprint density at radius 2 is 0.662 bits per heavy atom. The summed E-state index contributed by atoms with van der Waals surface area (Å²) in [5.74, 6) is -2.27. The number of likely N-dealkylation sites (N-methyl/N-ethyl adjacent to an activating group) is 1. The van der Waals surface area contributed by atoms with Crippen LogP contribution in [0.5, 0.6) is 0 Å². The largest absolute Gasteiger partial charge is 0.545 e. The van der Waals surface area contributed by atoms with Gasteiger partial charge in [-0.25, -0.2) is 0 Å². The number of allylic oxidation sites excluding steroid dienone is 2. The minimum Gasteiger partial charge on any atom is -0.545 e. The SMILES string of the molecule is CCCCCC/C=C\CCCCCCCC(=O)OC(COC(=O)CCCCCCCCCCCCCCCCCCCCCCCCCCCCCCCCCCCCCCCCC)COC(OCC[N+](C)(C)C)C(=O)[O-]. The van der Waals surface area contributed by atoms with E-state index in [9.17, 15) is 19.5 Å². The molecule has 0 heterocycles. The standard InChI is InChI=1S/C68H131NO8/c1-6-8-10-12-14-16-18-20-21-22-23-24-25-26-27-28-29-30-31-32-33-34-35-36-37-38-39-40-41-42-43-44-45-47-48-50-52-54-56-58-65(70)75-62-64(63-76-68(67(72)73)74-61-60-69(3,4)5)77-66(71)59-57-55-53-51-49-46-19-17-15-13-11-9-7-2/h17,19,64,68H,6-16,18,20-63H2,1-5H3/b19-17-. The summed E-state index contributed by atoms with van der Waals surface area (Å²) in [6.07, 6.45) is 69.0. The van der Waals surface area contributed by atoms with Crippen LogP contribution in [0.2, 0.25) is 0 Å². The first kappa shape index (κ1) is 75.0. The molecule has 0 radical (unpaired) electrons. The lowest BCUT2D eigenvalue weighted by molar-refractivity contribution is -0.870. The molecular weight excluding hydrogens is 959 g/mol. The third-order valence-corrected chi connectivity index (χ3v) is 15.5. The van der Waals surface area contributed by atoms with E-state index in [0.717, 1.165) is 51.4 Å². The van der Waals surface area contributed by atoms with Crippen molar-refractivity contribution < 1.29 is 42.9 Å². The predicted molar refractivity (Wildman–Crippen MR) is 325 cm³/mol. The van der Waals surface area contributed by atoms with Gasteiger partial charge in [-0.3, -0.25) is 9.59 Å². The van der Waals surface area contributed by atoms with Crippen LogP contribution in [0.3, 0.4) is 0 Å². The second-order valence-electron chi connectivity index (χ2n) is 24.5. The highest BCUT2D eigenvalue weighted by Crippen LogP contribution is 2.19. The summed E-state index contributed by atoms with van der Waals surface area (Å²) < 4.78 is 22.7. The van der Waals surface area contributed by atoms with E-state index in [2.05, 4.69) is 26.0 Å². The average Bonchev–Trinajstić information content (AvgIpc) is 3.40. The Morgan fingerprint density at radius 1 is 0.377 bits per heavy atom. The normalized spacial score (nSPS) is 12.7. The third kappa shape index (κ3) is 61.5. The van der Waals surface area contributed by atoms with E-state index < -0.39 is 24.3 Å². The first-order valence-electron chi connectivity index (χ1n) is 33.8. The highest BCUT2D eigenvalue weighted by Gasteiger charge is 2.22. The smallest absolute Gasteiger partial charge is 0.306 e. The molecule has 9 nitrogen and oxygen atoms in total. The molecule has 0 aromatic rings. The molecule has 456 valence electrons. The van der Waals surface area contributed by atoms with E-state index >= 15 is 0 Å². The number of hydrogen-bond acceptors (Lipinski definition) is 8. The van der Waals surface area contributed by atoms with Gasteiger partial charge in [-0.2, -0.15) is 0 Å². The molecule has 0 saturated carbocycles. The summed E-state index contributed by atoms with van der Waals surface area (Å²) in [7, 11) is 5.93. The fraction of sp³-hybridized carbons (Fsp3) is 0.926. The van der Waals surface area contributed by atoms with Gasteiger partial charge in [0, 0.05) is 12.8 Å². The number of nitrogens with zero attached hydrogens (tertiary/aromatic N) is 1. The van der Waals surface area contributed by atoms with Crippen LogP contribution in [-0.4, -0.2) is 82.3 Å². The van der Waals surface area contributed by atoms with Crippen LogP contribution in [-0.2, 0) is 33.3 Å². The van der Waals surface area contributed by atoms with Crippen LogP contribution < -0.4 is 5.11 Å². The summed E-state index contributed by atoms with van der Waals surface area (Å²) in [4.78, 5) is 37.2. The van der Waals surface area contributed by atoms with Gasteiger partial charge in [-0.05, 0) is 38.5 Å². The Bertz CT molecular complexity index is 1270. The number of rotatable bonds is 64. The highest BCUT2D eigenvalue weighted by atomic mass is 16.7. The van der Waals surface area contributed by atoms with Crippen molar-refractivity contribution >= 4 is 17.9 Å². The van der Waals surface area contributed by atoms with E-state index in [-0.39, 0.29) is 32.2 Å². The first-order valence-corrected chi connectivity index (χ1v) is 33.8. The zero-order valence-electron chi connectivity index (χ0n) is 52.1. The predicted octanol–water partition coefficient (Wildman–Crippen LogP) is 19.1. The minimum atomic E-state index is -1.62. The third-order valence-electron chi connectivity index (χ3n) is 15.5. The number of ether oxygens (including phenoxy) is 4. The lowest BCUT2D eigenvalue weighted by atomic mass is 10.0.